The molecule has 0 aromatic carbocycles. The van der Waals surface area contributed by atoms with Crippen molar-refractivity contribution in [2.75, 3.05) is 13.2 Å². The molecule has 0 saturated heterocycles. The molecule has 0 aliphatic heterocycles. The normalized spacial score (nSPS) is 13.3. The molecule has 6 nitrogen and oxygen atoms in total. The van der Waals surface area contributed by atoms with Crippen molar-refractivity contribution in [3.05, 3.63) is 170 Å². The van der Waals surface area contributed by atoms with Crippen molar-refractivity contribution >= 4 is 17.9 Å². The van der Waals surface area contributed by atoms with Gasteiger partial charge < -0.3 is 14.2 Å². The van der Waals surface area contributed by atoms with Gasteiger partial charge in [-0.3, -0.25) is 14.4 Å². The van der Waals surface area contributed by atoms with Crippen LogP contribution in [0.4, 0.5) is 0 Å². The lowest BCUT2D eigenvalue weighted by Gasteiger charge is -2.18. The van der Waals surface area contributed by atoms with Crippen LogP contribution in [0.25, 0.3) is 0 Å². The van der Waals surface area contributed by atoms with Gasteiger partial charge >= 0.3 is 17.9 Å². The summed E-state index contributed by atoms with van der Waals surface area (Å²) in [5.41, 5.74) is 0. The SMILES string of the molecule is CC/C=C\C/C=C\C/C=C\C/C=C\C/C=C\C/C=C\C/C=C\CCCCCCCC(=O)OCC(COC(=O)CCCCCCC/C=C\C/C=C\C/C=C\CC)OC(=O)CCCCCCCCCC/C=C\C/C=C\C/C=C\C/C=C\CC. The lowest BCUT2D eigenvalue weighted by Crippen LogP contribution is -2.30. The zero-order valence-corrected chi connectivity index (χ0v) is 52.0. The van der Waals surface area contributed by atoms with Crippen molar-refractivity contribution in [1.82, 2.24) is 0 Å². The third-order valence-corrected chi connectivity index (χ3v) is 13.2. The molecule has 0 saturated carbocycles. The van der Waals surface area contributed by atoms with Crippen LogP contribution in [0.1, 0.15) is 265 Å². The molecular weight excluding hydrogens is 997 g/mol. The summed E-state index contributed by atoms with van der Waals surface area (Å²) >= 11 is 0. The standard InChI is InChI=1S/C75H118O6/c1-4-7-10-13-16-19-22-25-28-30-32-34-35-36-37-38-39-41-42-44-47-50-53-56-59-62-65-68-74(77)80-71-72(70-79-73(76)67-64-61-58-55-52-49-46-27-24-21-18-15-12-9-6-3)81-75(78)69-66-63-60-57-54-51-48-45-43-40-33-31-29-26-23-20-17-14-11-8-5-2/h7-12,16-21,25-29,32-34,36-37,39-41,44,46-47,72H,4-6,13-15,22-24,30-31,35,38,42-43,45,48-71H2,1-3H3/b10-7-,11-8-,12-9-,19-16-,20-17-,21-18-,28-25-,29-26-,34-32-,37-36-,40-33-,41-39-,46-27-,47-44-. The van der Waals surface area contributed by atoms with E-state index >= 15 is 0 Å². The predicted molar refractivity (Wildman–Crippen MR) is 352 cm³/mol. The van der Waals surface area contributed by atoms with Gasteiger partial charge in [0.25, 0.3) is 0 Å². The molecule has 0 amide bonds. The molecule has 0 aromatic heterocycles. The highest BCUT2D eigenvalue weighted by molar-refractivity contribution is 5.71. The van der Waals surface area contributed by atoms with Gasteiger partial charge in [-0.2, -0.15) is 0 Å². The molecule has 81 heavy (non-hydrogen) atoms. The summed E-state index contributed by atoms with van der Waals surface area (Å²) in [4.78, 5) is 38.4. The summed E-state index contributed by atoms with van der Waals surface area (Å²) in [5.74, 6) is -0.950. The number of carbonyl (C=O) groups is 3. The van der Waals surface area contributed by atoms with Crippen molar-refractivity contribution in [2.24, 2.45) is 0 Å². The predicted octanol–water partition coefficient (Wildman–Crippen LogP) is 22.7. The molecule has 1 atom stereocenters. The van der Waals surface area contributed by atoms with E-state index in [1.807, 2.05) is 0 Å². The maximum atomic E-state index is 12.9. The second kappa shape index (κ2) is 67.3. The van der Waals surface area contributed by atoms with Gasteiger partial charge in [0.2, 0.25) is 0 Å². The molecule has 1 unspecified atom stereocenters. The third kappa shape index (κ3) is 65.5. The molecule has 0 radical (unpaired) electrons. The van der Waals surface area contributed by atoms with Crippen molar-refractivity contribution in [3.63, 3.8) is 0 Å². The van der Waals surface area contributed by atoms with E-state index in [1.54, 1.807) is 0 Å². The lowest BCUT2D eigenvalue weighted by molar-refractivity contribution is -0.167. The molecule has 0 spiro atoms. The molecule has 0 heterocycles. The maximum absolute atomic E-state index is 12.9. The molecule has 0 aliphatic rings. The number of hydrogen-bond acceptors (Lipinski definition) is 6. The van der Waals surface area contributed by atoms with Crippen LogP contribution in [-0.2, 0) is 28.6 Å². The summed E-state index contributed by atoms with van der Waals surface area (Å²) in [7, 11) is 0. The van der Waals surface area contributed by atoms with Crippen LogP contribution in [0.5, 0.6) is 0 Å². The molecule has 0 aromatic rings. The Hall–Kier alpha value is -5.23. The minimum absolute atomic E-state index is 0.104. The van der Waals surface area contributed by atoms with Crippen LogP contribution < -0.4 is 0 Å². The first kappa shape index (κ1) is 75.8. The highest BCUT2D eigenvalue weighted by atomic mass is 16.6. The van der Waals surface area contributed by atoms with E-state index in [0.29, 0.717) is 19.3 Å². The Morgan fingerprint density at radius 2 is 0.444 bits per heavy atom. The Bertz CT molecular complexity index is 1860. The largest absolute Gasteiger partial charge is 0.462 e. The average molecular weight is 1120 g/mol. The van der Waals surface area contributed by atoms with E-state index in [-0.39, 0.29) is 31.1 Å². The molecular formula is C75H118O6. The van der Waals surface area contributed by atoms with Crippen LogP contribution in [0.15, 0.2) is 170 Å². The fourth-order valence-corrected chi connectivity index (χ4v) is 8.43. The Balaban J connectivity index is 4.46. The second-order valence-electron chi connectivity index (χ2n) is 20.9. The number of ether oxygens (including phenoxy) is 3. The summed E-state index contributed by atoms with van der Waals surface area (Å²) in [6, 6.07) is 0. The van der Waals surface area contributed by atoms with Crippen molar-refractivity contribution in [3.8, 4) is 0 Å². The van der Waals surface area contributed by atoms with Gasteiger partial charge in [0.15, 0.2) is 6.10 Å². The number of unbranched alkanes of at least 4 members (excludes halogenated alkanes) is 18. The van der Waals surface area contributed by atoms with Crippen molar-refractivity contribution in [1.29, 1.82) is 0 Å². The summed E-state index contributed by atoms with van der Waals surface area (Å²) in [6.07, 6.45) is 99.2. The minimum atomic E-state index is -0.809. The first-order valence-electron chi connectivity index (χ1n) is 32.6. The van der Waals surface area contributed by atoms with Crippen LogP contribution in [0.3, 0.4) is 0 Å². The van der Waals surface area contributed by atoms with Gasteiger partial charge in [0.1, 0.15) is 13.2 Å². The fraction of sp³-hybridized carbons (Fsp3) is 0.587. The second-order valence-corrected chi connectivity index (χ2v) is 20.9. The topological polar surface area (TPSA) is 78.9 Å². The molecule has 6 heteroatoms. The summed E-state index contributed by atoms with van der Waals surface area (Å²) in [5, 5.41) is 0. The van der Waals surface area contributed by atoms with Crippen LogP contribution in [-0.4, -0.2) is 37.2 Å². The molecule has 0 bridgehead atoms. The van der Waals surface area contributed by atoms with Gasteiger partial charge in [-0.15, -0.1) is 0 Å². The van der Waals surface area contributed by atoms with Crippen LogP contribution in [0, 0.1) is 0 Å². The Kier molecular flexibility index (Phi) is 62.9. The van der Waals surface area contributed by atoms with E-state index in [9.17, 15) is 14.4 Å². The number of rotatable bonds is 57. The van der Waals surface area contributed by atoms with Crippen LogP contribution in [0.2, 0.25) is 0 Å². The van der Waals surface area contributed by atoms with Gasteiger partial charge in [0, 0.05) is 19.3 Å². The first-order valence-corrected chi connectivity index (χ1v) is 32.6. The van der Waals surface area contributed by atoms with Crippen molar-refractivity contribution < 1.29 is 28.6 Å². The smallest absolute Gasteiger partial charge is 0.306 e. The average Bonchev–Trinajstić information content (AvgIpc) is 3.47. The van der Waals surface area contributed by atoms with Gasteiger partial charge in [-0.25, -0.2) is 0 Å². The summed E-state index contributed by atoms with van der Waals surface area (Å²) in [6.45, 7) is 6.26. The monoisotopic (exact) mass is 1110 g/mol. The number of carbonyl (C=O) groups excluding carboxylic acids is 3. The molecule has 0 fully saturated rings. The number of esters is 3. The quantitative estimate of drug-likeness (QED) is 0.0261. The minimum Gasteiger partial charge on any atom is -0.462 e. The zero-order chi connectivity index (χ0) is 58.5. The highest BCUT2D eigenvalue weighted by Crippen LogP contribution is 2.14. The van der Waals surface area contributed by atoms with E-state index in [1.165, 1.54) is 32.1 Å². The van der Waals surface area contributed by atoms with E-state index < -0.39 is 6.10 Å². The van der Waals surface area contributed by atoms with E-state index in [0.717, 1.165) is 193 Å². The zero-order valence-electron chi connectivity index (χ0n) is 52.0. The molecule has 0 rings (SSSR count). The first-order chi connectivity index (χ1) is 40.0. The Labute approximate surface area is 498 Å². The number of allylic oxidation sites excluding steroid dienone is 28. The Morgan fingerprint density at radius 3 is 0.691 bits per heavy atom. The van der Waals surface area contributed by atoms with Crippen LogP contribution >= 0.6 is 0 Å². The lowest BCUT2D eigenvalue weighted by atomic mass is 10.1. The molecule has 454 valence electrons. The highest BCUT2D eigenvalue weighted by Gasteiger charge is 2.19. The third-order valence-electron chi connectivity index (χ3n) is 13.2. The number of hydrogen-bond donors (Lipinski definition) is 0. The molecule has 0 N–H and O–H groups in total. The molecule has 0 aliphatic carbocycles. The van der Waals surface area contributed by atoms with Gasteiger partial charge in [-0.05, 0) is 148 Å². The van der Waals surface area contributed by atoms with Gasteiger partial charge in [0.05, 0.1) is 0 Å². The fourth-order valence-electron chi connectivity index (χ4n) is 8.43. The van der Waals surface area contributed by atoms with Gasteiger partial charge in [-0.1, -0.05) is 268 Å². The Morgan fingerprint density at radius 1 is 0.247 bits per heavy atom. The maximum Gasteiger partial charge on any atom is 0.306 e. The van der Waals surface area contributed by atoms with Crippen molar-refractivity contribution in [2.45, 2.75) is 271 Å². The summed E-state index contributed by atoms with van der Waals surface area (Å²) < 4.78 is 16.9. The van der Waals surface area contributed by atoms with E-state index in [4.69, 9.17) is 14.2 Å². The van der Waals surface area contributed by atoms with E-state index in [2.05, 4.69) is 191 Å².